The van der Waals surface area contributed by atoms with E-state index in [-0.39, 0.29) is 0 Å². The van der Waals surface area contributed by atoms with Crippen LogP contribution in [0.1, 0.15) is 0 Å². The molecular weight excluding hydrogens is 186 g/mol. The van der Waals surface area contributed by atoms with E-state index in [1.165, 1.54) is 0 Å². The number of nitrogens with one attached hydrogen (secondary N) is 1. The number of benzene rings is 2. The largest absolute Gasteiger partial charge is 0.352 e. The number of hydrogen-bond donors (Lipinski definition) is 1. The molecule has 0 radical (unpaired) electrons. The van der Waals surface area contributed by atoms with Gasteiger partial charge < -0.3 is 5.32 Å². The molecule has 2 aromatic rings. The number of rotatable bonds is 0. The Hall–Kier alpha value is -2.16. The molecule has 2 aromatic carbocycles. The zero-order chi connectivity index (χ0) is 10.1. The highest BCUT2D eigenvalue weighted by Crippen LogP contribution is 2.37. The predicted octanol–water partition coefficient (Wildman–Crippen LogP) is 4.16. The Morgan fingerprint density at radius 1 is 0.667 bits per heavy atom. The van der Waals surface area contributed by atoms with Crippen molar-refractivity contribution in [1.82, 2.24) is 0 Å². The monoisotopic (exact) mass is 195 g/mol. The van der Waals surface area contributed by atoms with Crippen molar-refractivity contribution in [1.29, 1.82) is 0 Å². The molecule has 0 saturated carbocycles. The van der Waals surface area contributed by atoms with Gasteiger partial charge in [0.05, 0.1) is 11.4 Å². The Balaban J connectivity index is 2.19. The zero-order valence-electron chi connectivity index (χ0n) is 8.01. The number of nitrogens with zero attached hydrogens (tertiary/aromatic N) is 2. The van der Waals surface area contributed by atoms with Gasteiger partial charge in [-0.3, -0.25) is 0 Å². The standard InChI is InChI=1S/C12H9N3/c1-3-7-11-9(5-1)13-10-6-2-4-8-12(10)15-14-11/h1-8,13H. The summed E-state index contributed by atoms with van der Waals surface area (Å²) in [5, 5.41) is 11.7. The van der Waals surface area contributed by atoms with Gasteiger partial charge in [0.2, 0.25) is 0 Å². The zero-order valence-corrected chi connectivity index (χ0v) is 8.01. The smallest absolute Gasteiger partial charge is 0.109 e. The summed E-state index contributed by atoms with van der Waals surface area (Å²) in [6.45, 7) is 0. The fraction of sp³-hybridized carbons (Fsp3) is 0. The molecule has 0 amide bonds. The number of azo groups is 1. The highest BCUT2D eigenvalue weighted by Gasteiger charge is 2.08. The van der Waals surface area contributed by atoms with Gasteiger partial charge in [0, 0.05) is 0 Å². The first kappa shape index (κ1) is 8.17. The summed E-state index contributed by atoms with van der Waals surface area (Å²) in [7, 11) is 0. The Bertz CT molecular complexity index is 484. The molecule has 15 heavy (non-hydrogen) atoms. The molecule has 0 bridgehead atoms. The molecule has 3 heteroatoms. The maximum Gasteiger partial charge on any atom is 0.109 e. The molecule has 0 aliphatic carbocycles. The van der Waals surface area contributed by atoms with Crippen LogP contribution in [0.15, 0.2) is 58.8 Å². The van der Waals surface area contributed by atoms with E-state index in [1.807, 2.05) is 48.5 Å². The highest BCUT2D eigenvalue weighted by molar-refractivity contribution is 5.79. The van der Waals surface area contributed by atoms with E-state index >= 15 is 0 Å². The number of para-hydroxylation sites is 2. The lowest BCUT2D eigenvalue weighted by molar-refractivity contribution is 1.25. The molecule has 0 saturated heterocycles. The highest BCUT2D eigenvalue weighted by atomic mass is 15.2. The molecular formula is C12H9N3. The molecule has 0 spiro atoms. The molecule has 1 N–H and O–H groups in total. The summed E-state index contributed by atoms with van der Waals surface area (Å²) in [5.41, 5.74) is 3.72. The Morgan fingerprint density at radius 2 is 1.13 bits per heavy atom. The van der Waals surface area contributed by atoms with Gasteiger partial charge in [-0.15, -0.1) is 10.2 Å². The lowest BCUT2D eigenvalue weighted by atomic mass is 10.2. The van der Waals surface area contributed by atoms with Crippen molar-refractivity contribution < 1.29 is 0 Å². The Kier molecular flexibility index (Phi) is 1.75. The van der Waals surface area contributed by atoms with Crippen LogP contribution in [0.2, 0.25) is 0 Å². The van der Waals surface area contributed by atoms with Crippen molar-refractivity contribution in [2.24, 2.45) is 10.2 Å². The molecule has 0 fully saturated rings. The second-order valence-electron chi connectivity index (χ2n) is 3.36. The summed E-state index contributed by atoms with van der Waals surface area (Å²) in [4.78, 5) is 0. The summed E-state index contributed by atoms with van der Waals surface area (Å²) < 4.78 is 0. The summed E-state index contributed by atoms with van der Waals surface area (Å²) in [5.74, 6) is 0. The molecule has 0 unspecified atom stereocenters. The van der Waals surface area contributed by atoms with Crippen LogP contribution >= 0.6 is 0 Å². The van der Waals surface area contributed by atoms with E-state index in [1.54, 1.807) is 0 Å². The van der Waals surface area contributed by atoms with E-state index < -0.39 is 0 Å². The Labute approximate surface area is 87.5 Å². The van der Waals surface area contributed by atoms with Crippen molar-refractivity contribution in [2.45, 2.75) is 0 Å². The fourth-order valence-electron chi connectivity index (χ4n) is 1.59. The van der Waals surface area contributed by atoms with Crippen molar-refractivity contribution >= 4 is 22.7 Å². The molecule has 1 aliphatic heterocycles. The first-order valence-electron chi connectivity index (χ1n) is 4.80. The van der Waals surface area contributed by atoms with E-state index in [9.17, 15) is 0 Å². The van der Waals surface area contributed by atoms with Crippen LogP contribution in [-0.2, 0) is 0 Å². The molecule has 1 aliphatic rings. The average molecular weight is 195 g/mol. The van der Waals surface area contributed by atoms with Crippen LogP contribution < -0.4 is 5.32 Å². The minimum Gasteiger partial charge on any atom is -0.352 e. The lowest BCUT2D eigenvalue weighted by Gasteiger charge is -2.06. The van der Waals surface area contributed by atoms with Gasteiger partial charge >= 0.3 is 0 Å². The fourth-order valence-corrected chi connectivity index (χ4v) is 1.59. The molecule has 72 valence electrons. The van der Waals surface area contributed by atoms with Crippen LogP contribution in [0, 0.1) is 0 Å². The first-order chi connectivity index (χ1) is 7.43. The van der Waals surface area contributed by atoms with E-state index in [2.05, 4.69) is 15.5 Å². The van der Waals surface area contributed by atoms with Gasteiger partial charge in [0.25, 0.3) is 0 Å². The Morgan fingerprint density at radius 3 is 1.67 bits per heavy atom. The van der Waals surface area contributed by atoms with Gasteiger partial charge in [-0.1, -0.05) is 24.3 Å². The molecule has 0 atom stereocenters. The second kappa shape index (κ2) is 3.20. The van der Waals surface area contributed by atoms with Crippen LogP contribution in [0.3, 0.4) is 0 Å². The van der Waals surface area contributed by atoms with E-state index in [4.69, 9.17) is 0 Å². The van der Waals surface area contributed by atoms with E-state index in [0.29, 0.717) is 0 Å². The van der Waals surface area contributed by atoms with Crippen LogP contribution in [0.25, 0.3) is 0 Å². The lowest BCUT2D eigenvalue weighted by Crippen LogP contribution is -1.88. The van der Waals surface area contributed by atoms with Gasteiger partial charge in [-0.05, 0) is 24.3 Å². The third kappa shape index (κ3) is 1.38. The van der Waals surface area contributed by atoms with Gasteiger partial charge in [0.1, 0.15) is 11.4 Å². The summed E-state index contributed by atoms with van der Waals surface area (Å²) in [6.07, 6.45) is 0. The van der Waals surface area contributed by atoms with Gasteiger partial charge in [-0.2, -0.15) is 0 Å². The molecule has 1 heterocycles. The maximum absolute atomic E-state index is 4.19. The quantitative estimate of drug-likeness (QED) is 0.574. The minimum absolute atomic E-state index is 0.869. The van der Waals surface area contributed by atoms with Crippen molar-refractivity contribution in [2.75, 3.05) is 5.32 Å². The normalized spacial score (nSPS) is 12.3. The topological polar surface area (TPSA) is 36.8 Å². The number of fused-ring (bicyclic) bond motifs is 2. The third-order valence-electron chi connectivity index (χ3n) is 2.34. The third-order valence-corrected chi connectivity index (χ3v) is 2.34. The van der Waals surface area contributed by atoms with Crippen molar-refractivity contribution in [3.63, 3.8) is 0 Å². The van der Waals surface area contributed by atoms with Crippen molar-refractivity contribution in [3.8, 4) is 0 Å². The van der Waals surface area contributed by atoms with Crippen LogP contribution in [0.5, 0.6) is 0 Å². The van der Waals surface area contributed by atoms with Gasteiger partial charge in [0.15, 0.2) is 0 Å². The SMILES string of the molecule is c1ccc2c(c1)N=Nc1ccccc1N2. The number of anilines is 2. The summed E-state index contributed by atoms with van der Waals surface area (Å²) >= 11 is 0. The molecule has 0 aromatic heterocycles. The molecule has 3 rings (SSSR count). The predicted molar refractivity (Wildman–Crippen MR) is 60.3 cm³/mol. The van der Waals surface area contributed by atoms with Crippen LogP contribution in [-0.4, -0.2) is 0 Å². The molecule has 3 nitrogen and oxygen atoms in total. The van der Waals surface area contributed by atoms with Gasteiger partial charge in [-0.25, -0.2) is 0 Å². The average Bonchev–Trinajstić information content (AvgIpc) is 2.48. The maximum atomic E-state index is 4.19. The van der Waals surface area contributed by atoms with Crippen LogP contribution in [0.4, 0.5) is 22.7 Å². The summed E-state index contributed by atoms with van der Waals surface area (Å²) in [6, 6.07) is 15.7. The second-order valence-corrected chi connectivity index (χ2v) is 3.36. The van der Waals surface area contributed by atoms with Crippen molar-refractivity contribution in [3.05, 3.63) is 48.5 Å². The number of hydrogen-bond acceptors (Lipinski definition) is 3. The van der Waals surface area contributed by atoms with E-state index in [0.717, 1.165) is 22.7 Å². The minimum atomic E-state index is 0.869. The first-order valence-corrected chi connectivity index (χ1v) is 4.80.